The second-order valence-corrected chi connectivity index (χ2v) is 5.91. The molecule has 0 aromatic rings. The molecule has 0 aromatic heterocycles. The van der Waals surface area contributed by atoms with Crippen LogP contribution in [0, 0.1) is 17.3 Å². The maximum absolute atomic E-state index is 12.4. The van der Waals surface area contributed by atoms with Gasteiger partial charge in [0.1, 0.15) is 11.0 Å². The third kappa shape index (κ3) is 1.34. The molecule has 1 aliphatic heterocycles. The van der Waals surface area contributed by atoms with Gasteiger partial charge in [0.25, 0.3) is 0 Å². The highest BCUT2D eigenvalue weighted by molar-refractivity contribution is 5.80. The van der Waals surface area contributed by atoms with Crippen LogP contribution in [-0.4, -0.2) is 36.4 Å². The molecule has 3 unspecified atom stereocenters. The third-order valence-electron chi connectivity index (χ3n) is 5.15. The minimum atomic E-state index is -0.862. The number of rotatable bonds is 3. The lowest BCUT2D eigenvalue weighted by molar-refractivity contribution is -0.194. The van der Waals surface area contributed by atoms with Gasteiger partial charge in [0.2, 0.25) is 0 Å². The molecule has 0 amide bonds. The first-order valence-electron chi connectivity index (χ1n) is 6.73. The standard InChI is InChI=1S/C13H21NO3/c1-2-17-11(15)13(12(16)7-14-8-12)6-9-3-4-10(13)5-9/h9-10,14,16H,2-8H2,1H3. The van der Waals surface area contributed by atoms with Gasteiger partial charge >= 0.3 is 5.97 Å². The van der Waals surface area contributed by atoms with Crippen molar-refractivity contribution in [3.05, 3.63) is 0 Å². The Hall–Kier alpha value is -0.610. The number of nitrogens with one attached hydrogen (secondary N) is 1. The highest BCUT2D eigenvalue weighted by Gasteiger charge is 2.68. The summed E-state index contributed by atoms with van der Waals surface area (Å²) in [7, 11) is 0. The number of carbonyl (C=O) groups excluding carboxylic acids is 1. The Morgan fingerprint density at radius 3 is 2.65 bits per heavy atom. The SMILES string of the molecule is CCOC(=O)C1(C2(O)CNC2)CC2CCC1C2. The van der Waals surface area contributed by atoms with E-state index in [9.17, 15) is 9.90 Å². The van der Waals surface area contributed by atoms with E-state index in [0.717, 1.165) is 19.3 Å². The Kier molecular flexibility index (Phi) is 2.49. The van der Waals surface area contributed by atoms with E-state index >= 15 is 0 Å². The van der Waals surface area contributed by atoms with E-state index in [2.05, 4.69) is 5.32 Å². The molecule has 4 heteroatoms. The second-order valence-electron chi connectivity index (χ2n) is 5.91. The zero-order chi connectivity index (χ0) is 12.1. The summed E-state index contributed by atoms with van der Waals surface area (Å²) in [6.07, 6.45) is 4.22. The van der Waals surface area contributed by atoms with E-state index in [1.807, 2.05) is 6.92 Å². The van der Waals surface area contributed by atoms with Crippen LogP contribution in [0.2, 0.25) is 0 Å². The monoisotopic (exact) mass is 239 g/mol. The molecule has 2 bridgehead atoms. The maximum atomic E-state index is 12.4. The van der Waals surface area contributed by atoms with E-state index in [0.29, 0.717) is 31.5 Å². The van der Waals surface area contributed by atoms with Crippen molar-refractivity contribution in [2.75, 3.05) is 19.7 Å². The zero-order valence-corrected chi connectivity index (χ0v) is 10.4. The summed E-state index contributed by atoms with van der Waals surface area (Å²) in [5, 5.41) is 13.8. The average molecular weight is 239 g/mol. The smallest absolute Gasteiger partial charge is 0.315 e. The molecule has 0 aromatic carbocycles. The van der Waals surface area contributed by atoms with E-state index in [4.69, 9.17) is 4.74 Å². The normalized spacial score (nSPS) is 42.2. The number of hydrogen-bond acceptors (Lipinski definition) is 4. The van der Waals surface area contributed by atoms with Crippen LogP contribution in [0.25, 0.3) is 0 Å². The van der Waals surface area contributed by atoms with Gasteiger partial charge < -0.3 is 15.2 Å². The highest BCUT2D eigenvalue weighted by atomic mass is 16.5. The summed E-state index contributed by atoms with van der Waals surface area (Å²) in [5.74, 6) is 0.795. The molecule has 0 spiro atoms. The minimum Gasteiger partial charge on any atom is -0.465 e. The van der Waals surface area contributed by atoms with Crippen LogP contribution in [0.3, 0.4) is 0 Å². The lowest BCUT2D eigenvalue weighted by Gasteiger charge is -2.53. The first kappa shape index (κ1) is 11.5. The van der Waals surface area contributed by atoms with Gasteiger partial charge in [-0.15, -0.1) is 0 Å². The van der Waals surface area contributed by atoms with E-state index < -0.39 is 11.0 Å². The first-order valence-corrected chi connectivity index (χ1v) is 6.73. The molecule has 96 valence electrons. The predicted octanol–water partition coefficient (Wildman–Crippen LogP) is 0.690. The van der Waals surface area contributed by atoms with Crippen molar-refractivity contribution >= 4 is 5.97 Å². The topological polar surface area (TPSA) is 58.6 Å². The number of hydrogen-bond donors (Lipinski definition) is 2. The number of carbonyl (C=O) groups is 1. The molecule has 0 radical (unpaired) electrons. The lowest BCUT2D eigenvalue weighted by Crippen LogP contribution is -2.72. The second kappa shape index (κ2) is 3.69. The van der Waals surface area contributed by atoms with Crippen molar-refractivity contribution in [1.82, 2.24) is 5.32 Å². The molecule has 3 fully saturated rings. The molecule has 17 heavy (non-hydrogen) atoms. The van der Waals surface area contributed by atoms with E-state index in [1.54, 1.807) is 0 Å². The number of fused-ring (bicyclic) bond motifs is 2. The predicted molar refractivity (Wildman–Crippen MR) is 62.3 cm³/mol. The Morgan fingerprint density at radius 1 is 1.47 bits per heavy atom. The molecular weight excluding hydrogens is 218 g/mol. The Labute approximate surface area is 102 Å². The molecule has 2 aliphatic carbocycles. The molecule has 4 nitrogen and oxygen atoms in total. The van der Waals surface area contributed by atoms with Crippen molar-refractivity contribution < 1.29 is 14.6 Å². The summed E-state index contributed by atoms with van der Waals surface area (Å²) >= 11 is 0. The van der Waals surface area contributed by atoms with Gasteiger partial charge in [-0.3, -0.25) is 4.79 Å². The van der Waals surface area contributed by atoms with Crippen molar-refractivity contribution in [3.63, 3.8) is 0 Å². The summed E-state index contributed by atoms with van der Waals surface area (Å²) < 4.78 is 5.28. The quantitative estimate of drug-likeness (QED) is 0.711. The molecule has 3 atom stereocenters. The van der Waals surface area contributed by atoms with E-state index in [1.165, 1.54) is 6.42 Å². The van der Waals surface area contributed by atoms with Gasteiger partial charge in [0.05, 0.1) is 6.61 Å². The Bertz CT molecular complexity index is 340. The maximum Gasteiger partial charge on any atom is 0.315 e. The van der Waals surface area contributed by atoms with Crippen molar-refractivity contribution in [2.24, 2.45) is 17.3 Å². The molecule has 3 aliphatic rings. The van der Waals surface area contributed by atoms with E-state index in [-0.39, 0.29) is 5.97 Å². The van der Waals surface area contributed by atoms with Crippen LogP contribution in [-0.2, 0) is 9.53 Å². The molecule has 1 heterocycles. The number of ether oxygens (including phenoxy) is 1. The largest absolute Gasteiger partial charge is 0.465 e. The molecular formula is C13H21NO3. The van der Waals surface area contributed by atoms with Crippen LogP contribution in [0.1, 0.15) is 32.6 Å². The Balaban J connectivity index is 1.93. The van der Waals surface area contributed by atoms with Crippen molar-refractivity contribution in [3.8, 4) is 0 Å². The van der Waals surface area contributed by atoms with Crippen LogP contribution in [0.15, 0.2) is 0 Å². The average Bonchev–Trinajstić information content (AvgIpc) is 2.86. The van der Waals surface area contributed by atoms with Gasteiger partial charge in [-0.05, 0) is 38.0 Å². The summed E-state index contributed by atoms with van der Waals surface area (Å²) in [5.41, 5.74) is -1.48. The van der Waals surface area contributed by atoms with Crippen LogP contribution < -0.4 is 5.32 Å². The van der Waals surface area contributed by atoms with Gasteiger partial charge in [-0.1, -0.05) is 6.42 Å². The van der Waals surface area contributed by atoms with Crippen molar-refractivity contribution in [1.29, 1.82) is 0 Å². The highest BCUT2D eigenvalue weighted by Crippen LogP contribution is 2.61. The summed E-state index contributed by atoms with van der Waals surface area (Å²) in [4.78, 5) is 12.4. The summed E-state index contributed by atoms with van der Waals surface area (Å²) in [6, 6.07) is 0. The van der Waals surface area contributed by atoms with Gasteiger partial charge in [0.15, 0.2) is 0 Å². The van der Waals surface area contributed by atoms with Gasteiger partial charge in [0, 0.05) is 13.1 Å². The number of esters is 1. The molecule has 2 N–H and O–H groups in total. The van der Waals surface area contributed by atoms with Gasteiger partial charge in [-0.2, -0.15) is 0 Å². The molecule has 2 saturated carbocycles. The van der Waals surface area contributed by atoms with Crippen LogP contribution in [0.4, 0.5) is 0 Å². The first-order chi connectivity index (χ1) is 8.12. The van der Waals surface area contributed by atoms with Crippen molar-refractivity contribution in [2.45, 2.75) is 38.2 Å². The Morgan fingerprint density at radius 2 is 2.24 bits per heavy atom. The fourth-order valence-electron chi connectivity index (χ4n) is 4.28. The molecule has 3 rings (SSSR count). The van der Waals surface area contributed by atoms with Crippen LogP contribution in [0.5, 0.6) is 0 Å². The summed E-state index contributed by atoms with van der Waals surface area (Å²) in [6.45, 7) is 3.31. The number of aliphatic hydroxyl groups is 1. The minimum absolute atomic E-state index is 0.156. The lowest BCUT2D eigenvalue weighted by atomic mass is 9.60. The zero-order valence-electron chi connectivity index (χ0n) is 10.4. The fraction of sp³-hybridized carbons (Fsp3) is 0.923. The third-order valence-corrected chi connectivity index (χ3v) is 5.15. The number of β-amino-alcohol motifs (C(OH)–C–C–N with tert-alkyl or cyclic N) is 1. The fourth-order valence-corrected chi connectivity index (χ4v) is 4.28. The van der Waals surface area contributed by atoms with Crippen LogP contribution >= 0.6 is 0 Å². The molecule has 1 saturated heterocycles. The van der Waals surface area contributed by atoms with Gasteiger partial charge in [-0.25, -0.2) is 0 Å².